The molecular formula is C24H23FN2O3. The molecule has 2 N–H and O–H groups in total. The molecule has 1 aliphatic rings. The third-order valence-electron chi connectivity index (χ3n) is 5.40. The maximum absolute atomic E-state index is 13.3. The number of aryl methyl sites for hydroxylation is 1. The van der Waals surface area contributed by atoms with Gasteiger partial charge in [0.15, 0.2) is 11.5 Å². The zero-order valence-corrected chi connectivity index (χ0v) is 17.2. The highest BCUT2D eigenvalue weighted by Crippen LogP contribution is 2.40. The second-order valence-electron chi connectivity index (χ2n) is 8.53. The lowest BCUT2D eigenvalue weighted by Gasteiger charge is -2.30. The molecule has 2 aromatic carbocycles. The normalized spacial score (nSPS) is 15.0. The lowest BCUT2D eigenvalue weighted by atomic mass is 9.76. The maximum Gasteiger partial charge on any atom is 0.248 e. The SMILES string of the molecule is Cc1cc2c(n1-c1ccc(C(N)=O)cc1Oc1ccc(F)cc1)CC(C)(C)CC2=O. The predicted octanol–water partition coefficient (Wildman–Crippen LogP) is 4.97. The minimum atomic E-state index is -0.576. The summed E-state index contributed by atoms with van der Waals surface area (Å²) < 4.78 is 21.3. The number of nitrogens with zero attached hydrogens (tertiary/aromatic N) is 1. The summed E-state index contributed by atoms with van der Waals surface area (Å²) >= 11 is 0. The van der Waals surface area contributed by atoms with E-state index in [0.717, 1.165) is 23.4 Å². The molecule has 3 aromatic rings. The molecule has 0 fully saturated rings. The molecule has 0 aliphatic heterocycles. The van der Waals surface area contributed by atoms with Gasteiger partial charge in [-0.2, -0.15) is 0 Å². The second-order valence-corrected chi connectivity index (χ2v) is 8.53. The van der Waals surface area contributed by atoms with Gasteiger partial charge in [-0.15, -0.1) is 0 Å². The highest BCUT2D eigenvalue weighted by Gasteiger charge is 2.34. The number of ether oxygens (including phenoxy) is 1. The maximum atomic E-state index is 13.3. The van der Waals surface area contributed by atoms with Crippen molar-refractivity contribution >= 4 is 11.7 Å². The van der Waals surface area contributed by atoms with Crippen molar-refractivity contribution in [1.29, 1.82) is 0 Å². The molecule has 154 valence electrons. The first-order valence-corrected chi connectivity index (χ1v) is 9.77. The Morgan fingerprint density at radius 3 is 2.47 bits per heavy atom. The summed E-state index contributed by atoms with van der Waals surface area (Å²) in [7, 11) is 0. The first kappa shape index (κ1) is 19.9. The number of hydrogen-bond acceptors (Lipinski definition) is 3. The molecule has 0 saturated heterocycles. The highest BCUT2D eigenvalue weighted by atomic mass is 19.1. The number of amides is 1. The third kappa shape index (κ3) is 3.61. The van der Waals surface area contributed by atoms with Crippen molar-refractivity contribution in [3.05, 3.63) is 76.9 Å². The number of nitrogens with two attached hydrogens (primary N) is 1. The molecule has 0 spiro atoms. The monoisotopic (exact) mass is 406 g/mol. The number of Topliss-reactive ketones (excluding diaryl/α,β-unsaturated/α-hetero) is 1. The molecule has 1 amide bonds. The Kier molecular flexibility index (Phi) is 4.73. The van der Waals surface area contributed by atoms with Gasteiger partial charge in [-0.25, -0.2) is 4.39 Å². The van der Waals surface area contributed by atoms with Crippen molar-refractivity contribution < 1.29 is 18.7 Å². The van der Waals surface area contributed by atoms with Gasteiger partial charge in [-0.3, -0.25) is 9.59 Å². The Labute approximate surface area is 174 Å². The number of rotatable bonds is 4. The number of ketones is 1. The smallest absolute Gasteiger partial charge is 0.248 e. The van der Waals surface area contributed by atoms with Crippen LogP contribution in [0.4, 0.5) is 4.39 Å². The van der Waals surface area contributed by atoms with E-state index in [-0.39, 0.29) is 17.0 Å². The molecule has 5 nitrogen and oxygen atoms in total. The second kappa shape index (κ2) is 7.13. The van der Waals surface area contributed by atoms with E-state index < -0.39 is 5.91 Å². The van der Waals surface area contributed by atoms with Crippen LogP contribution in [-0.4, -0.2) is 16.3 Å². The molecule has 0 bridgehead atoms. The third-order valence-corrected chi connectivity index (χ3v) is 5.40. The van der Waals surface area contributed by atoms with E-state index in [1.165, 1.54) is 24.3 Å². The van der Waals surface area contributed by atoms with Gasteiger partial charge in [-0.05, 0) is 67.3 Å². The molecular weight excluding hydrogens is 383 g/mol. The largest absolute Gasteiger partial charge is 0.455 e. The van der Waals surface area contributed by atoms with Crippen LogP contribution in [-0.2, 0) is 6.42 Å². The highest BCUT2D eigenvalue weighted by molar-refractivity contribution is 5.99. The van der Waals surface area contributed by atoms with E-state index in [4.69, 9.17) is 10.5 Å². The summed E-state index contributed by atoms with van der Waals surface area (Å²) in [4.78, 5) is 24.4. The first-order valence-electron chi connectivity index (χ1n) is 9.77. The molecule has 0 saturated carbocycles. The van der Waals surface area contributed by atoms with Crippen molar-refractivity contribution in [2.24, 2.45) is 11.1 Å². The van der Waals surface area contributed by atoms with Crippen LogP contribution in [0.1, 0.15) is 52.4 Å². The Bertz CT molecular complexity index is 1160. The van der Waals surface area contributed by atoms with E-state index in [0.29, 0.717) is 29.2 Å². The average Bonchev–Trinajstić information content (AvgIpc) is 2.98. The molecule has 0 atom stereocenters. The van der Waals surface area contributed by atoms with Gasteiger partial charge in [0.2, 0.25) is 5.91 Å². The van der Waals surface area contributed by atoms with E-state index in [2.05, 4.69) is 13.8 Å². The zero-order valence-electron chi connectivity index (χ0n) is 17.2. The summed E-state index contributed by atoms with van der Waals surface area (Å²) in [5.41, 5.74) is 8.83. The summed E-state index contributed by atoms with van der Waals surface area (Å²) in [6.07, 6.45) is 1.23. The van der Waals surface area contributed by atoms with Gasteiger partial charge in [0.25, 0.3) is 0 Å². The fraction of sp³-hybridized carbons (Fsp3) is 0.250. The number of carbonyl (C=O) groups is 2. The molecule has 1 heterocycles. The summed E-state index contributed by atoms with van der Waals surface area (Å²) in [5, 5.41) is 0. The van der Waals surface area contributed by atoms with Gasteiger partial charge in [0.1, 0.15) is 11.6 Å². The Hall–Kier alpha value is -3.41. The lowest BCUT2D eigenvalue weighted by molar-refractivity contribution is 0.0910. The molecule has 6 heteroatoms. The average molecular weight is 406 g/mol. The summed E-state index contributed by atoms with van der Waals surface area (Å²) in [6, 6.07) is 12.5. The fourth-order valence-electron chi connectivity index (χ4n) is 4.05. The first-order chi connectivity index (χ1) is 14.1. The van der Waals surface area contributed by atoms with Crippen molar-refractivity contribution in [2.75, 3.05) is 0 Å². The van der Waals surface area contributed by atoms with Gasteiger partial charge >= 0.3 is 0 Å². The standard InChI is InChI=1S/C24H23FN2O3/c1-14-10-18-20(12-24(2,3)13-21(18)28)27(14)19-9-4-15(23(26)29)11-22(19)30-17-7-5-16(25)6-8-17/h4-11H,12-13H2,1-3H3,(H2,26,29). The van der Waals surface area contributed by atoms with Gasteiger partial charge in [-0.1, -0.05) is 13.8 Å². The minimum absolute atomic E-state index is 0.123. The molecule has 1 aromatic heterocycles. The van der Waals surface area contributed by atoms with Crippen LogP contribution >= 0.6 is 0 Å². The van der Waals surface area contributed by atoms with Crippen LogP contribution in [0.5, 0.6) is 11.5 Å². The van der Waals surface area contributed by atoms with E-state index in [1.807, 2.05) is 17.6 Å². The summed E-state index contributed by atoms with van der Waals surface area (Å²) in [6.45, 7) is 6.08. The predicted molar refractivity (Wildman–Crippen MR) is 112 cm³/mol. The fourth-order valence-corrected chi connectivity index (χ4v) is 4.05. The van der Waals surface area contributed by atoms with Gasteiger partial charge < -0.3 is 15.0 Å². The van der Waals surface area contributed by atoms with E-state index in [9.17, 15) is 14.0 Å². The quantitative estimate of drug-likeness (QED) is 0.665. The Morgan fingerprint density at radius 1 is 1.10 bits per heavy atom. The molecule has 4 rings (SSSR count). The van der Waals surface area contributed by atoms with Crippen molar-refractivity contribution in [3.63, 3.8) is 0 Å². The van der Waals surface area contributed by atoms with Crippen LogP contribution in [0.2, 0.25) is 0 Å². The number of aromatic nitrogens is 1. The molecule has 0 unspecified atom stereocenters. The number of fused-ring (bicyclic) bond motifs is 1. The number of benzene rings is 2. The summed E-state index contributed by atoms with van der Waals surface area (Å²) in [5.74, 6) is 0.0000473. The Morgan fingerprint density at radius 2 is 1.80 bits per heavy atom. The number of carbonyl (C=O) groups excluding carboxylic acids is 2. The molecule has 0 radical (unpaired) electrons. The van der Waals surface area contributed by atoms with Crippen LogP contribution < -0.4 is 10.5 Å². The van der Waals surface area contributed by atoms with Crippen LogP contribution in [0.25, 0.3) is 5.69 Å². The zero-order chi connectivity index (χ0) is 21.6. The topological polar surface area (TPSA) is 74.3 Å². The van der Waals surface area contributed by atoms with Crippen LogP contribution in [0.15, 0.2) is 48.5 Å². The van der Waals surface area contributed by atoms with E-state index >= 15 is 0 Å². The van der Waals surface area contributed by atoms with Crippen molar-refractivity contribution in [3.8, 4) is 17.2 Å². The van der Waals surface area contributed by atoms with E-state index in [1.54, 1.807) is 18.2 Å². The van der Waals surface area contributed by atoms with Crippen molar-refractivity contribution in [1.82, 2.24) is 4.57 Å². The lowest BCUT2D eigenvalue weighted by Crippen LogP contribution is -2.28. The number of primary amides is 1. The minimum Gasteiger partial charge on any atom is -0.455 e. The van der Waals surface area contributed by atoms with Crippen LogP contribution in [0.3, 0.4) is 0 Å². The van der Waals surface area contributed by atoms with Gasteiger partial charge in [0.05, 0.1) is 5.69 Å². The Balaban J connectivity index is 1.88. The molecule has 30 heavy (non-hydrogen) atoms. The number of hydrogen-bond donors (Lipinski definition) is 1. The van der Waals surface area contributed by atoms with Crippen LogP contribution in [0, 0.1) is 18.2 Å². The van der Waals surface area contributed by atoms with Crippen molar-refractivity contribution in [2.45, 2.75) is 33.6 Å². The number of halogens is 1. The molecule has 1 aliphatic carbocycles. The van der Waals surface area contributed by atoms with Gasteiger partial charge in [0, 0.05) is 28.9 Å².